The van der Waals surface area contributed by atoms with Gasteiger partial charge in [0.1, 0.15) is 11.3 Å². The Hall–Kier alpha value is -1.69. The standard InChI is InChI=1S/C9H8O5S.C2H6/c10-8(11)4-14-7-2-1-5(15)3-6(7)9(12)13;1-2/h1-3,15H,4H2,(H,10,11)(H,12,13);1-2H3. The van der Waals surface area contributed by atoms with Crippen molar-refractivity contribution in [1.29, 1.82) is 0 Å². The van der Waals surface area contributed by atoms with Crippen LogP contribution >= 0.6 is 12.6 Å². The van der Waals surface area contributed by atoms with Gasteiger partial charge in [-0.15, -0.1) is 12.6 Å². The van der Waals surface area contributed by atoms with Gasteiger partial charge in [0.2, 0.25) is 0 Å². The van der Waals surface area contributed by atoms with Gasteiger partial charge in [0.05, 0.1) is 0 Å². The topological polar surface area (TPSA) is 83.8 Å². The summed E-state index contributed by atoms with van der Waals surface area (Å²) in [6.07, 6.45) is 0. The summed E-state index contributed by atoms with van der Waals surface area (Å²) in [7, 11) is 0. The molecule has 0 aromatic heterocycles. The summed E-state index contributed by atoms with van der Waals surface area (Å²) in [6.45, 7) is 3.42. The van der Waals surface area contributed by atoms with Gasteiger partial charge in [0.15, 0.2) is 6.61 Å². The lowest BCUT2D eigenvalue weighted by Gasteiger charge is -2.07. The summed E-state index contributed by atoms with van der Waals surface area (Å²) >= 11 is 3.97. The number of aromatic carboxylic acids is 1. The van der Waals surface area contributed by atoms with Gasteiger partial charge < -0.3 is 14.9 Å². The zero-order chi connectivity index (χ0) is 13.4. The van der Waals surface area contributed by atoms with Gasteiger partial charge >= 0.3 is 11.9 Å². The zero-order valence-corrected chi connectivity index (χ0v) is 10.4. The highest BCUT2D eigenvalue weighted by molar-refractivity contribution is 7.80. The number of carboxylic acid groups (broad SMARTS) is 2. The van der Waals surface area contributed by atoms with E-state index >= 15 is 0 Å². The summed E-state index contributed by atoms with van der Waals surface area (Å²) < 4.78 is 4.80. The minimum absolute atomic E-state index is 0.0164. The molecule has 6 heteroatoms. The number of benzene rings is 1. The molecule has 0 saturated heterocycles. The maximum atomic E-state index is 10.8. The second kappa shape index (κ2) is 7.56. The summed E-state index contributed by atoms with van der Waals surface area (Å²) in [5.41, 5.74) is -0.108. The Balaban J connectivity index is 0.00000121. The molecular weight excluding hydrogens is 244 g/mol. The van der Waals surface area contributed by atoms with Gasteiger partial charge in [-0.2, -0.15) is 0 Å². The Labute approximate surface area is 104 Å². The lowest BCUT2D eigenvalue weighted by molar-refractivity contribution is -0.139. The molecule has 0 bridgehead atoms. The molecule has 17 heavy (non-hydrogen) atoms. The van der Waals surface area contributed by atoms with E-state index in [1.54, 1.807) is 0 Å². The molecule has 0 aliphatic carbocycles. The average Bonchev–Trinajstić information content (AvgIpc) is 2.29. The predicted octanol–water partition coefficient (Wildman–Crippen LogP) is 2.16. The van der Waals surface area contributed by atoms with Gasteiger partial charge in [-0.25, -0.2) is 9.59 Å². The van der Waals surface area contributed by atoms with Gasteiger partial charge in [-0.3, -0.25) is 0 Å². The molecule has 0 fully saturated rings. The van der Waals surface area contributed by atoms with Gasteiger partial charge in [-0.05, 0) is 18.2 Å². The third-order valence-corrected chi connectivity index (χ3v) is 1.82. The van der Waals surface area contributed by atoms with E-state index < -0.39 is 18.5 Å². The predicted molar refractivity (Wildman–Crippen MR) is 65.1 cm³/mol. The molecule has 0 atom stereocenters. The summed E-state index contributed by atoms with van der Waals surface area (Å²) in [5.74, 6) is -2.34. The van der Waals surface area contributed by atoms with Crippen molar-refractivity contribution in [2.24, 2.45) is 0 Å². The van der Waals surface area contributed by atoms with Crippen molar-refractivity contribution >= 4 is 24.6 Å². The Kier molecular flexibility index (Phi) is 6.81. The number of carboxylic acids is 2. The monoisotopic (exact) mass is 258 g/mol. The molecule has 5 nitrogen and oxygen atoms in total. The van der Waals surface area contributed by atoms with Crippen LogP contribution < -0.4 is 4.74 Å². The summed E-state index contributed by atoms with van der Waals surface area (Å²) in [4.78, 5) is 21.5. The fourth-order valence-electron chi connectivity index (χ4n) is 0.950. The van der Waals surface area contributed by atoms with Gasteiger partial charge in [0.25, 0.3) is 0 Å². The van der Waals surface area contributed by atoms with Crippen molar-refractivity contribution in [3.8, 4) is 5.75 Å². The van der Waals surface area contributed by atoms with Crippen molar-refractivity contribution in [2.45, 2.75) is 18.7 Å². The molecule has 0 unspecified atom stereocenters. The largest absolute Gasteiger partial charge is 0.481 e. The minimum atomic E-state index is -1.19. The van der Waals surface area contributed by atoms with E-state index in [1.807, 2.05) is 13.8 Å². The molecule has 0 saturated carbocycles. The highest BCUT2D eigenvalue weighted by Gasteiger charge is 2.12. The molecular formula is C11H14O5S. The zero-order valence-electron chi connectivity index (χ0n) is 9.51. The molecule has 1 aromatic rings. The molecule has 1 aromatic carbocycles. The first kappa shape index (κ1) is 15.3. The second-order valence-electron chi connectivity index (χ2n) is 2.67. The SMILES string of the molecule is CC.O=C(O)COc1ccc(S)cc1C(=O)O. The van der Waals surface area contributed by atoms with Crippen LogP contribution in [-0.2, 0) is 4.79 Å². The van der Waals surface area contributed by atoms with Crippen LogP contribution in [0.1, 0.15) is 24.2 Å². The first-order chi connectivity index (χ1) is 8.00. The fraction of sp³-hybridized carbons (Fsp3) is 0.273. The van der Waals surface area contributed by atoms with Crippen LogP contribution in [0.2, 0.25) is 0 Å². The van der Waals surface area contributed by atoms with Crippen LogP contribution in [0.3, 0.4) is 0 Å². The first-order valence-corrected chi connectivity index (χ1v) is 5.36. The van der Waals surface area contributed by atoms with Gasteiger partial charge in [0, 0.05) is 4.90 Å². The fourth-order valence-corrected chi connectivity index (χ4v) is 1.15. The second-order valence-corrected chi connectivity index (χ2v) is 3.18. The van der Waals surface area contributed by atoms with E-state index in [4.69, 9.17) is 14.9 Å². The van der Waals surface area contributed by atoms with E-state index in [9.17, 15) is 9.59 Å². The maximum Gasteiger partial charge on any atom is 0.341 e. The normalized spacial score (nSPS) is 8.88. The molecule has 2 N–H and O–H groups in total. The van der Waals surface area contributed by atoms with Crippen molar-refractivity contribution in [3.05, 3.63) is 23.8 Å². The van der Waals surface area contributed by atoms with Crippen LogP contribution in [0.25, 0.3) is 0 Å². The van der Waals surface area contributed by atoms with Gasteiger partial charge in [-0.1, -0.05) is 13.8 Å². The Morgan fingerprint density at radius 1 is 1.29 bits per heavy atom. The number of rotatable bonds is 4. The number of aliphatic carboxylic acids is 1. The van der Waals surface area contributed by atoms with Crippen LogP contribution in [0.5, 0.6) is 5.75 Å². The lowest BCUT2D eigenvalue weighted by Crippen LogP contribution is -2.11. The Bertz CT molecular complexity index is 403. The Morgan fingerprint density at radius 2 is 1.88 bits per heavy atom. The molecule has 0 aliphatic heterocycles. The summed E-state index contributed by atoms with van der Waals surface area (Å²) in [5, 5.41) is 17.2. The van der Waals surface area contributed by atoms with Crippen molar-refractivity contribution < 1.29 is 24.5 Å². The first-order valence-electron chi connectivity index (χ1n) is 4.91. The maximum absolute atomic E-state index is 10.8. The number of ether oxygens (including phenoxy) is 1. The number of hydrogen-bond donors (Lipinski definition) is 3. The lowest BCUT2D eigenvalue weighted by atomic mass is 10.2. The number of hydrogen-bond acceptors (Lipinski definition) is 4. The molecule has 0 heterocycles. The molecule has 0 amide bonds. The molecule has 1 rings (SSSR count). The minimum Gasteiger partial charge on any atom is -0.481 e. The summed E-state index contributed by atoms with van der Waals surface area (Å²) in [6, 6.07) is 4.18. The van der Waals surface area contributed by atoms with E-state index in [2.05, 4.69) is 12.6 Å². The van der Waals surface area contributed by atoms with E-state index in [0.717, 1.165) is 0 Å². The van der Waals surface area contributed by atoms with Crippen molar-refractivity contribution in [1.82, 2.24) is 0 Å². The molecule has 0 aliphatic rings. The van der Waals surface area contributed by atoms with E-state index in [-0.39, 0.29) is 11.3 Å². The van der Waals surface area contributed by atoms with Crippen molar-refractivity contribution in [3.63, 3.8) is 0 Å². The average molecular weight is 258 g/mol. The van der Waals surface area contributed by atoms with Crippen LogP contribution in [0, 0.1) is 0 Å². The third-order valence-electron chi connectivity index (χ3n) is 1.54. The molecule has 0 spiro atoms. The highest BCUT2D eigenvalue weighted by Crippen LogP contribution is 2.21. The quantitative estimate of drug-likeness (QED) is 0.721. The van der Waals surface area contributed by atoms with E-state index in [0.29, 0.717) is 4.90 Å². The van der Waals surface area contributed by atoms with E-state index in [1.165, 1.54) is 18.2 Å². The highest BCUT2D eigenvalue weighted by atomic mass is 32.1. The molecule has 0 radical (unpaired) electrons. The molecule has 94 valence electrons. The smallest absolute Gasteiger partial charge is 0.341 e. The van der Waals surface area contributed by atoms with Crippen molar-refractivity contribution in [2.75, 3.05) is 6.61 Å². The Morgan fingerprint density at radius 3 is 2.35 bits per heavy atom. The third kappa shape index (κ3) is 5.26. The number of carbonyl (C=O) groups is 2. The van der Waals surface area contributed by atoms with Crippen LogP contribution in [0.15, 0.2) is 23.1 Å². The van der Waals surface area contributed by atoms with Crippen LogP contribution in [0.4, 0.5) is 0 Å². The number of thiol groups is 1. The van der Waals surface area contributed by atoms with Crippen LogP contribution in [-0.4, -0.2) is 28.8 Å².